The molecular weight excluding hydrogens is 1040 g/mol. The quantitative estimate of drug-likeness (QED) is 0.120. The lowest BCUT2D eigenvalue weighted by Gasteiger charge is -2.09. The SMILES string of the molecule is CC.CC.CC.CC1c2ccccc2-c2ccccc21.CCc1c2ccccc2cc2ccccc12.Cc1c2ccccc2cc2ccccc12.c1ccc(-c2ccccc2)cc1.c1ccc2c(c1)ccc1ccccc12.c1ccc2ccccc2c1. The molecule has 0 aromatic heterocycles. The van der Waals surface area contributed by atoms with Crippen LogP contribution in [0.15, 0.2) is 328 Å². The predicted molar refractivity (Wildman–Crippen MR) is 388 cm³/mol. The van der Waals surface area contributed by atoms with Gasteiger partial charge in [-0.2, -0.15) is 0 Å². The van der Waals surface area contributed by atoms with Gasteiger partial charge in [-0.25, -0.2) is 0 Å². The Labute approximate surface area is 519 Å². The molecule has 1 aliphatic carbocycles. The normalized spacial score (nSPS) is 10.6. The molecule has 16 rings (SSSR count). The Hall–Kier alpha value is -9.88. The smallest absolute Gasteiger partial charge is 0.00733 e. The highest BCUT2D eigenvalue weighted by Gasteiger charge is 2.23. The lowest BCUT2D eigenvalue weighted by atomic mass is 9.95. The summed E-state index contributed by atoms with van der Waals surface area (Å²) >= 11 is 0. The first-order valence-electron chi connectivity index (χ1n) is 31.4. The van der Waals surface area contributed by atoms with Crippen molar-refractivity contribution >= 4 is 75.4 Å². The third-order valence-corrected chi connectivity index (χ3v) is 15.6. The number of hydrogen-bond donors (Lipinski definition) is 0. The van der Waals surface area contributed by atoms with Crippen molar-refractivity contribution in [2.45, 2.75) is 74.7 Å². The first-order valence-corrected chi connectivity index (χ1v) is 31.4. The van der Waals surface area contributed by atoms with Gasteiger partial charge in [-0.15, -0.1) is 0 Å². The summed E-state index contributed by atoms with van der Waals surface area (Å²) in [6, 6.07) is 115. The van der Waals surface area contributed by atoms with Gasteiger partial charge in [0.1, 0.15) is 0 Å². The first-order chi connectivity index (χ1) is 43.0. The van der Waals surface area contributed by atoms with Crippen molar-refractivity contribution in [1.82, 2.24) is 0 Å². The molecule has 1 aliphatic rings. The van der Waals surface area contributed by atoms with Gasteiger partial charge in [0.05, 0.1) is 0 Å². The van der Waals surface area contributed by atoms with Crippen LogP contribution >= 0.6 is 0 Å². The topological polar surface area (TPSA) is 0 Å². The van der Waals surface area contributed by atoms with E-state index in [0.29, 0.717) is 5.92 Å². The molecule has 0 atom stereocenters. The predicted octanol–water partition coefficient (Wildman–Crippen LogP) is 25.9. The Kier molecular flexibility index (Phi) is 23.9. The van der Waals surface area contributed by atoms with Gasteiger partial charge < -0.3 is 0 Å². The summed E-state index contributed by atoms with van der Waals surface area (Å²) in [6.45, 7) is 18.7. The second-order valence-electron chi connectivity index (χ2n) is 20.6. The van der Waals surface area contributed by atoms with Crippen LogP contribution in [0.3, 0.4) is 0 Å². The summed E-state index contributed by atoms with van der Waals surface area (Å²) in [5.74, 6) is 0.558. The Balaban J connectivity index is 0.000000134. The number of hydrogen-bond acceptors (Lipinski definition) is 0. The molecule has 0 amide bonds. The molecule has 432 valence electrons. The van der Waals surface area contributed by atoms with E-state index in [-0.39, 0.29) is 0 Å². The van der Waals surface area contributed by atoms with Gasteiger partial charge in [0.15, 0.2) is 0 Å². The number of aryl methyl sites for hydroxylation is 2. The van der Waals surface area contributed by atoms with Gasteiger partial charge in [0.25, 0.3) is 0 Å². The Morgan fingerprint density at radius 1 is 0.241 bits per heavy atom. The van der Waals surface area contributed by atoms with E-state index < -0.39 is 0 Å². The highest BCUT2D eigenvalue weighted by atomic mass is 14.3. The third kappa shape index (κ3) is 15.7. The maximum absolute atomic E-state index is 2.28. The molecular formula is C87H84. The highest BCUT2D eigenvalue weighted by Crippen LogP contribution is 2.44. The third-order valence-electron chi connectivity index (χ3n) is 15.6. The molecule has 0 nitrogen and oxygen atoms in total. The average Bonchev–Trinajstić information content (AvgIpc) is 2.94. The minimum absolute atomic E-state index is 0.558. The second-order valence-corrected chi connectivity index (χ2v) is 20.6. The Morgan fingerprint density at radius 3 is 0.839 bits per heavy atom. The van der Waals surface area contributed by atoms with Gasteiger partial charge in [0.2, 0.25) is 0 Å². The van der Waals surface area contributed by atoms with E-state index in [1.54, 1.807) is 0 Å². The summed E-state index contributed by atoms with van der Waals surface area (Å²) in [5, 5.41) is 18.8. The fraction of sp³-hybridized carbons (Fsp3) is 0.126. The van der Waals surface area contributed by atoms with E-state index in [0.717, 1.165) is 6.42 Å². The van der Waals surface area contributed by atoms with Crippen molar-refractivity contribution in [1.29, 1.82) is 0 Å². The van der Waals surface area contributed by atoms with Crippen LogP contribution in [0.2, 0.25) is 0 Å². The molecule has 0 bridgehead atoms. The monoisotopic (exact) mass is 1130 g/mol. The van der Waals surface area contributed by atoms with Gasteiger partial charge in [0, 0.05) is 5.92 Å². The van der Waals surface area contributed by atoms with Crippen LogP contribution in [0.5, 0.6) is 0 Å². The van der Waals surface area contributed by atoms with Crippen molar-refractivity contribution in [2.24, 2.45) is 0 Å². The molecule has 0 unspecified atom stereocenters. The van der Waals surface area contributed by atoms with Crippen LogP contribution in [0.1, 0.15) is 83.6 Å². The van der Waals surface area contributed by atoms with Crippen molar-refractivity contribution in [3.8, 4) is 22.3 Å². The second kappa shape index (κ2) is 33.0. The van der Waals surface area contributed by atoms with Gasteiger partial charge in [-0.05, 0) is 145 Å². The molecule has 0 radical (unpaired) electrons. The Morgan fingerprint density at radius 2 is 0.494 bits per heavy atom. The molecule has 15 aromatic rings. The summed E-state index contributed by atoms with van der Waals surface area (Å²) in [4.78, 5) is 0. The first kappa shape index (κ1) is 63.1. The molecule has 0 N–H and O–H groups in total. The zero-order valence-electron chi connectivity index (χ0n) is 52.5. The maximum Gasteiger partial charge on any atom is 0.00733 e. The van der Waals surface area contributed by atoms with E-state index in [1.165, 1.54) is 120 Å². The molecule has 0 saturated heterocycles. The summed E-state index contributed by atoms with van der Waals surface area (Å²) < 4.78 is 0. The van der Waals surface area contributed by atoms with Crippen LogP contribution in [0.4, 0.5) is 0 Å². The zero-order chi connectivity index (χ0) is 61.2. The number of rotatable bonds is 2. The fourth-order valence-electron chi connectivity index (χ4n) is 11.5. The van der Waals surface area contributed by atoms with Gasteiger partial charge in [-0.3, -0.25) is 0 Å². The molecule has 0 saturated carbocycles. The molecule has 0 heterocycles. The van der Waals surface area contributed by atoms with Crippen LogP contribution in [-0.4, -0.2) is 0 Å². The van der Waals surface area contributed by atoms with E-state index in [1.807, 2.05) is 53.7 Å². The fourth-order valence-corrected chi connectivity index (χ4v) is 11.5. The van der Waals surface area contributed by atoms with Crippen molar-refractivity contribution in [2.75, 3.05) is 0 Å². The minimum Gasteiger partial charge on any atom is -0.0683 e. The molecule has 0 aliphatic heterocycles. The van der Waals surface area contributed by atoms with Crippen LogP contribution < -0.4 is 0 Å². The van der Waals surface area contributed by atoms with E-state index >= 15 is 0 Å². The molecule has 15 aromatic carbocycles. The standard InChI is InChI=1S/C16H14.C15H12.C14H12.C14H10.C12H10.C10H8.3C2H6/c1-2-14-15-9-5-3-7-12(15)11-13-8-4-6-10-16(13)14;1-11-14-8-4-2-6-12(14)10-13-7-3-5-9-15(11)13;1-10-11-6-2-4-8-13(11)14-9-5-3-7-12(10)14;1-3-7-13-11(5-1)9-10-12-6-2-4-8-14(12)13;1-3-7-11(8-4-1)12-9-5-2-6-10-12;1-2-6-10-8-4-3-7-9(10)5-1;3*1-2/h3-11H,2H2,1H3;2-10H,1H3;2-10H,1H3;1-10H;1-10H;1-8H;3*1-2H3. The van der Waals surface area contributed by atoms with Crippen LogP contribution in [0.25, 0.3) is 97.7 Å². The van der Waals surface area contributed by atoms with E-state index in [9.17, 15) is 0 Å². The highest BCUT2D eigenvalue weighted by molar-refractivity contribution is 6.07. The molecule has 0 fully saturated rings. The van der Waals surface area contributed by atoms with Crippen molar-refractivity contribution in [3.05, 3.63) is 350 Å². The Bertz CT molecular complexity index is 4220. The molecule has 0 spiro atoms. The van der Waals surface area contributed by atoms with Crippen LogP contribution in [-0.2, 0) is 6.42 Å². The number of fused-ring (bicyclic) bond motifs is 11. The van der Waals surface area contributed by atoms with Crippen LogP contribution in [0, 0.1) is 6.92 Å². The van der Waals surface area contributed by atoms with Crippen molar-refractivity contribution in [3.63, 3.8) is 0 Å². The minimum atomic E-state index is 0.558. The summed E-state index contributed by atoms with van der Waals surface area (Å²) in [7, 11) is 0. The summed E-state index contributed by atoms with van der Waals surface area (Å²) in [6.07, 6.45) is 1.09. The molecule has 87 heavy (non-hydrogen) atoms. The van der Waals surface area contributed by atoms with Gasteiger partial charge >= 0.3 is 0 Å². The lowest BCUT2D eigenvalue weighted by Crippen LogP contribution is -1.87. The molecule has 0 heteroatoms. The van der Waals surface area contributed by atoms with E-state index in [2.05, 4.69) is 336 Å². The number of benzene rings is 15. The van der Waals surface area contributed by atoms with E-state index in [4.69, 9.17) is 0 Å². The van der Waals surface area contributed by atoms with Crippen molar-refractivity contribution < 1.29 is 0 Å². The average molecular weight is 1130 g/mol. The maximum atomic E-state index is 2.28. The lowest BCUT2D eigenvalue weighted by molar-refractivity contribution is 0.957. The van der Waals surface area contributed by atoms with Gasteiger partial charge in [-0.1, -0.05) is 371 Å². The summed E-state index contributed by atoms with van der Waals surface area (Å²) in [5.41, 5.74) is 11.2. The largest absolute Gasteiger partial charge is 0.0683 e. The zero-order valence-corrected chi connectivity index (χ0v) is 52.5.